The van der Waals surface area contributed by atoms with Crippen molar-refractivity contribution >= 4 is 26.0 Å². The van der Waals surface area contributed by atoms with Gasteiger partial charge in [0.25, 0.3) is 0 Å². The number of aryl methyl sites for hydroxylation is 1. The Balaban J connectivity index is 2.15. The lowest BCUT2D eigenvalue weighted by Crippen LogP contribution is -2.23. The van der Waals surface area contributed by atoms with Crippen molar-refractivity contribution in [2.24, 2.45) is 0 Å². The third-order valence-electron chi connectivity index (χ3n) is 2.62. The first kappa shape index (κ1) is 16.1. The molecule has 0 fully saturated rings. The van der Waals surface area contributed by atoms with Crippen LogP contribution in [0.3, 0.4) is 0 Å². The van der Waals surface area contributed by atoms with E-state index in [1.165, 1.54) is 6.07 Å². The highest BCUT2D eigenvalue weighted by Gasteiger charge is 2.22. The van der Waals surface area contributed by atoms with E-state index in [0.717, 1.165) is 0 Å². The first-order valence-electron chi connectivity index (χ1n) is 6.13. The van der Waals surface area contributed by atoms with Gasteiger partial charge in [-0.05, 0) is 36.0 Å². The number of hydrogen-bond acceptors (Lipinski definition) is 6. The van der Waals surface area contributed by atoms with Gasteiger partial charge >= 0.3 is 0 Å². The Morgan fingerprint density at radius 2 is 2.14 bits per heavy atom. The Bertz CT molecular complexity index is 730. The molecule has 0 bridgehead atoms. The van der Waals surface area contributed by atoms with Crippen molar-refractivity contribution in [1.29, 1.82) is 0 Å². The molecule has 2 N–H and O–H groups in total. The first-order valence-corrected chi connectivity index (χ1v) is 8.41. The standard InChI is InChI=1S/C12H15BrN4O3S/c1-8-15-4-3-9(17-8)6-16-21(18,19)11-5-10(7-14-2)20-12(11)13/h3-5,14,16H,6-7H2,1-2H3. The minimum absolute atomic E-state index is 0.0681. The predicted molar refractivity (Wildman–Crippen MR) is 80.0 cm³/mol. The van der Waals surface area contributed by atoms with E-state index in [0.29, 0.717) is 23.8 Å². The van der Waals surface area contributed by atoms with E-state index in [1.54, 1.807) is 26.2 Å². The Morgan fingerprint density at radius 1 is 1.38 bits per heavy atom. The molecule has 0 amide bonds. The Morgan fingerprint density at radius 3 is 2.81 bits per heavy atom. The number of halogens is 1. The largest absolute Gasteiger partial charge is 0.452 e. The van der Waals surface area contributed by atoms with Crippen LogP contribution in [-0.2, 0) is 23.1 Å². The number of rotatable bonds is 6. The Kier molecular flexibility index (Phi) is 5.09. The minimum atomic E-state index is -3.68. The molecule has 2 aromatic rings. The van der Waals surface area contributed by atoms with E-state index in [4.69, 9.17) is 4.42 Å². The lowest BCUT2D eigenvalue weighted by atomic mass is 10.4. The highest BCUT2D eigenvalue weighted by atomic mass is 79.9. The fraction of sp³-hybridized carbons (Fsp3) is 0.333. The summed E-state index contributed by atoms with van der Waals surface area (Å²) in [6.07, 6.45) is 1.59. The second-order valence-corrected chi connectivity index (χ2v) is 6.76. The maximum absolute atomic E-state index is 12.3. The molecule has 2 rings (SSSR count). The SMILES string of the molecule is CNCc1cc(S(=O)(=O)NCc2ccnc(C)n2)c(Br)o1. The Hall–Kier alpha value is -1.29. The number of furan rings is 1. The van der Waals surface area contributed by atoms with Crippen molar-refractivity contribution in [3.63, 3.8) is 0 Å². The van der Waals surface area contributed by atoms with E-state index < -0.39 is 10.0 Å². The Labute approximate surface area is 131 Å². The summed E-state index contributed by atoms with van der Waals surface area (Å²) in [4.78, 5) is 8.17. The van der Waals surface area contributed by atoms with Gasteiger partial charge in [-0.3, -0.25) is 0 Å². The average Bonchev–Trinajstić information content (AvgIpc) is 2.79. The van der Waals surface area contributed by atoms with Crippen LogP contribution >= 0.6 is 15.9 Å². The number of aromatic nitrogens is 2. The van der Waals surface area contributed by atoms with Gasteiger partial charge in [0.1, 0.15) is 16.5 Å². The van der Waals surface area contributed by atoms with Crippen molar-refractivity contribution in [2.45, 2.75) is 24.9 Å². The molecule has 0 spiro atoms. The average molecular weight is 375 g/mol. The summed E-state index contributed by atoms with van der Waals surface area (Å²) in [5.41, 5.74) is 0.598. The lowest BCUT2D eigenvalue weighted by molar-refractivity contribution is 0.470. The zero-order valence-corrected chi connectivity index (χ0v) is 14.0. The predicted octanol–water partition coefficient (Wildman–Crippen LogP) is 1.34. The van der Waals surface area contributed by atoms with Gasteiger partial charge in [0.15, 0.2) is 4.67 Å². The topological polar surface area (TPSA) is 97.1 Å². The van der Waals surface area contributed by atoms with Crippen LogP contribution in [-0.4, -0.2) is 25.4 Å². The van der Waals surface area contributed by atoms with E-state index in [9.17, 15) is 8.42 Å². The molecule has 21 heavy (non-hydrogen) atoms. The smallest absolute Gasteiger partial charge is 0.245 e. The van der Waals surface area contributed by atoms with Crippen LogP contribution in [0.2, 0.25) is 0 Å². The van der Waals surface area contributed by atoms with Gasteiger partial charge in [-0.2, -0.15) is 0 Å². The fourth-order valence-corrected chi connectivity index (χ4v) is 3.69. The van der Waals surface area contributed by atoms with Gasteiger partial charge in [0.05, 0.1) is 18.8 Å². The zero-order valence-electron chi connectivity index (χ0n) is 11.6. The molecule has 9 heteroatoms. The normalized spacial score (nSPS) is 11.8. The zero-order chi connectivity index (χ0) is 15.5. The van der Waals surface area contributed by atoms with E-state index in [2.05, 4.69) is 35.9 Å². The quantitative estimate of drug-likeness (QED) is 0.791. The number of hydrogen-bond donors (Lipinski definition) is 2. The molecule has 0 aromatic carbocycles. The monoisotopic (exact) mass is 374 g/mol. The van der Waals surface area contributed by atoms with Gasteiger partial charge < -0.3 is 9.73 Å². The maximum Gasteiger partial charge on any atom is 0.245 e. The van der Waals surface area contributed by atoms with Crippen LogP contribution in [0.1, 0.15) is 17.3 Å². The first-order chi connectivity index (χ1) is 9.92. The van der Waals surface area contributed by atoms with Crippen molar-refractivity contribution in [2.75, 3.05) is 7.05 Å². The molecule has 0 atom stereocenters. The molecule has 2 heterocycles. The molecule has 114 valence electrons. The fourth-order valence-electron chi connectivity index (χ4n) is 1.69. The lowest BCUT2D eigenvalue weighted by Gasteiger charge is -2.05. The molecule has 2 aromatic heterocycles. The summed E-state index contributed by atoms with van der Waals surface area (Å²) >= 11 is 3.12. The molecule has 0 unspecified atom stereocenters. The maximum atomic E-state index is 12.3. The van der Waals surface area contributed by atoms with Crippen LogP contribution in [0.4, 0.5) is 0 Å². The van der Waals surface area contributed by atoms with Crippen LogP contribution in [0.15, 0.2) is 32.3 Å². The molecule has 0 saturated heterocycles. The highest BCUT2D eigenvalue weighted by molar-refractivity contribution is 9.10. The van der Waals surface area contributed by atoms with Crippen molar-refractivity contribution in [3.05, 3.63) is 40.3 Å². The van der Waals surface area contributed by atoms with Gasteiger partial charge in [0.2, 0.25) is 10.0 Å². The summed E-state index contributed by atoms with van der Waals surface area (Å²) in [5, 5.41) is 2.89. The summed E-state index contributed by atoms with van der Waals surface area (Å²) in [6.45, 7) is 2.28. The third-order valence-corrected chi connectivity index (χ3v) is 4.88. The molecule has 7 nitrogen and oxygen atoms in total. The molecule has 0 radical (unpaired) electrons. The molecular formula is C12H15BrN4O3S. The second-order valence-electron chi connectivity index (χ2n) is 4.30. The van der Waals surface area contributed by atoms with Crippen molar-refractivity contribution in [3.8, 4) is 0 Å². The van der Waals surface area contributed by atoms with Gasteiger partial charge in [-0.1, -0.05) is 0 Å². The molecule has 0 aliphatic heterocycles. The summed E-state index contributed by atoms with van der Waals surface area (Å²) in [7, 11) is -1.93. The van der Waals surface area contributed by atoms with Crippen LogP contribution in [0, 0.1) is 6.92 Å². The summed E-state index contributed by atoms with van der Waals surface area (Å²) in [5.74, 6) is 1.12. The van der Waals surface area contributed by atoms with E-state index in [1.807, 2.05) is 0 Å². The summed E-state index contributed by atoms with van der Waals surface area (Å²) in [6, 6.07) is 3.14. The number of nitrogens with zero attached hydrogens (tertiary/aromatic N) is 2. The number of sulfonamides is 1. The van der Waals surface area contributed by atoms with Gasteiger partial charge in [0, 0.05) is 12.3 Å². The van der Waals surface area contributed by atoms with Crippen LogP contribution in [0.5, 0.6) is 0 Å². The van der Waals surface area contributed by atoms with Gasteiger partial charge in [-0.25, -0.2) is 23.1 Å². The van der Waals surface area contributed by atoms with Crippen LogP contribution < -0.4 is 10.0 Å². The van der Waals surface area contributed by atoms with Crippen molar-refractivity contribution in [1.82, 2.24) is 20.0 Å². The molecular weight excluding hydrogens is 360 g/mol. The molecule has 0 saturated carbocycles. The molecule has 0 aliphatic carbocycles. The number of nitrogens with one attached hydrogen (secondary N) is 2. The minimum Gasteiger partial charge on any atom is -0.452 e. The third kappa shape index (κ3) is 4.10. The second kappa shape index (κ2) is 6.65. The van der Waals surface area contributed by atoms with Crippen LogP contribution in [0.25, 0.3) is 0 Å². The van der Waals surface area contributed by atoms with Crippen molar-refractivity contribution < 1.29 is 12.8 Å². The van der Waals surface area contributed by atoms with E-state index >= 15 is 0 Å². The highest BCUT2D eigenvalue weighted by Crippen LogP contribution is 2.26. The molecule has 0 aliphatic rings. The van der Waals surface area contributed by atoms with Gasteiger partial charge in [-0.15, -0.1) is 0 Å². The summed E-state index contributed by atoms with van der Waals surface area (Å²) < 4.78 is 32.5. The van der Waals surface area contributed by atoms with E-state index in [-0.39, 0.29) is 16.1 Å².